The van der Waals surface area contributed by atoms with Crippen molar-refractivity contribution in [2.45, 2.75) is 33.4 Å². The molecule has 2 rings (SSSR count). The number of nitrogens with one attached hydrogen (secondary N) is 1. The molecule has 0 radical (unpaired) electrons. The molecule has 1 aromatic heterocycles. The zero-order valence-corrected chi connectivity index (χ0v) is 12.7. The monoisotopic (exact) mass is 291 g/mol. The molecule has 0 fully saturated rings. The van der Waals surface area contributed by atoms with E-state index in [2.05, 4.69) is 27.2 Å². The minimum Gasteiger partial charge on any atom is -0.493 e. The molecule has 0 saturated heterocycles. The summed E-state index contributed by atoms with van der Waals surface area (Å²) in [7, 11) is 1.63. The fraction of sp³-hybridized carbons (Fsp3) is 0.467. The van der Waals surface area contributed by atoms with Gasteiger partial charge in [-0.3, -0.25) is 0 Å². The molecule has 114 valence electrons. The normalized spacial score (nSPS) is 10.6. The molecule has 1 N–H and O–H groups in total. The van der Waals surface area contributed by atoms with Crippen LogP contribution in [0.5, 0.6) is 11.5 Å². The van der Waals surface area contributed by atoms with Crippen LogP contribution in [0, 0.1) is 6.92 Å². The molecule has 0 amide bonds. The Hall–Kier alpha value is -2.08. The molecule has 6 heteroatoms. The minimum atomic E-state index is 0.303. The summed E-state index contributed by atoms with van der Waals surface area (Å²) < 4.78 is 15.8. The lowest BCUT2D eigenvalue weighted by molar-refractivity contribution is 0.260. The third-order valence-electron chi connectivity index (χ3n) is 3.09. The number of benzene rings is 1. The van der Waals surface area contributed by atoms with Gasteiger partial charge in [-0.25, -0.2) is 4.63 Å². The Bertz CT molecular complexity index is 569. The van der Waals surface area contributed by atoms with E-state index in [0.29, 0.717) is 23.8 Å². The standard InChI is InChI=1S/C15H21N3O3/c1-4-7-16-9-12-5-6-14(19-3)15(8-12)20-10-13-11(2)17-21-18-13/h5-6,8,16H,4,7,9-10H2,1-3H3. The largest absolute Gasteiger partial charge is 0.493 e. The van der Waals surface area contributed by atoms with Crippen LogP contribution in [0.1, 0.15) is 30.3 Å². The fourth-order valence-corrected chi connectivity index (χ4v) is 1.88. The highest BCUT2D eigenvalue weighted by atomic mass is 16.6. The van der Waals surface area contributed by atoms with Gasteiger partial charge < -0.3 is 14.8 Å². The average molecular weight is 291 g/mol. The third-order valence-corrected chi connectivity index (χ3v) is 3.09. The van der Waals surface area contributed by atoms with Gasteiger partial charge in [-0.05, 0) is 37.6 Å². The van der Waals surface area contributed by atoms with Crippen LogP contribution in [0.15, 0.2) is 22.8 Å². The van der Waals surface area contributed by atoms with E-state index in [1.807, 2.05) is 25.1 Å². The number of aryl methyl sites for hydroxylation is 1. The van der Waals surface area contributed by atoms with E-state index >= 15 is 0 Å². The Kier molecular flexibility index (Phi) is 5.57. The summed E-state index contributed by atoms with van der Waals surface area (Å²) in [6.07, 6.45) is 1.11. The smallest absolute Gasteiger partial charge is 0.162 e. The molecule has 1 heterocycles. The quantitative estimate of drug-likeness (QED) is 0.753. The van der Waals surface area contributed by atoms with Gasteiger partial charge in [0.2, 0.25) is 0 Å². The van der Waals surface area contributed by atoms with Crippen molar-refractivity contribution >= 4 is 0 Å². The molecule has 0 spiro atoms. The van der Waals surface area contributed by atoms with Crippen LogP contribution in [-0.4, -0.2) is 24.0 Å². The molecule has 0 aliphatic heterocycles. The van der Waals surface area contributed by atoms with Crippen LogP contribution >= 0.6 is 0 Å². The Morgan fingerprint density at radius 1 is 1.24 bits per heavy atom. The van der Waals surface area contributed by atoms with Gasteiger partial charge in [-0.2, -0.15) is 0 Å². The number of hydrogen-bond donors (Lipinski definition) is 1. The first-order chi connectivity index (χ1) is 10.2. The van der Waals surface area contributed by atoms with Crippen molar-refractivity contribution < 1.29 is 14.1 Å². The highest BCUT2D eigenvalue weighted by Gasteiger charge is 2.10. The van der Waals surface area contributed by atoms with Gasteiger partial charge >= 0.3 is 0 Å². The second-order valence-electron chi connectivity index (χ2n) is 4.75. The maximum absolute atomic E-state index is 5.78. The predicted octanol–water partition coefficient (Wildman–Crippen LogP) is 2.47. The van der Waals surface area contributed by atoms with Crippen LogP contribution in [-0.2, 0) is 13.2 Å². The molecule has 0 aliphatic carbocycles. The lowest BCUT2D eigenvalue weighted by Crippen LogP contribution is -2.13. The summed E-state index contributed by atoms with van der Waals surface area (Å²) in [6.45, 7) is 6.07. The number of nitrogens with zero attached hydrogens (tertiary/aromatic N) is 2. The topological polar surface area (TPSA) is 69.4 Å². The molecule has 0 aliphatic rings. The average Bonchev–Trinajstić information content (AvgIpc) is 2.91. The van der Waals surface area contributed by atoms with Crippen LogP contribution in [0.2, 0.25) is 0 Å². The molecular formula is C15H21N3O3. The van der Waals surface area contributed by atoms with E-state index in [-0.39, 0.29) is 0 Å². The predicted molar refractivity (Wildman–Crippen MR) is 78.4 cm³/mol. The molecule has 0 atom stereocenters. The first-order valence-corrected chi connectivity index (χ1v) is 7.03. The SMILES string of the molecule is CCCNCc1ccc(OC)c(OCc2nonc2C)c1. The summed E-state index contributed by atoms with van der Waals surface area (Å²) in [5, 5.41) is 10.9. The maximum atomic E-state index is 5.78. The Labute approximate surface area is 124 Å². The lowest BCUT2D eigenvalue weighted by Gasteiger charge is -2.12. The van der Waals surface area contributed by atoms with Crippen molar-refractivity contribution in [3.8, 4) is 11.5 Å². The fourth-order valence-electron chi connectivity index (χ4n) is 1.88. The van der Waals surface area contributed by atoms with E-state index < -0.39 is 0 Å². The Morgan fingerprint density at radius 3 is 2.76 bits per heavy atom. The van der Waals surface area contributed by atoms with Crippen LogP contribution in [0.3, 0.4) is 0 Å². The molecule has 0 unspecified atom stereocenters. The second-order valence-corrected chi connectivity index (χ2v) is 4.75. The lowest BCUT2D eigenvalue weighted by atomic mass is 10.2. The van der Waals surface area contributed by atoms with E-state index in [0.717, 1.165) is 30.8 Å². The molecule has 0 bridgehead atoms. The molecular weight excluding hydrogens is 270 g/mol. The first-order valence-electron chi connectivity index (χ1n) is 7.03. The van der Waals surface area contributed by atoms with Gasteiger partial charge in [-0.1, -0.05) is 23.3 Å². The Morgan fingerprint density at radius 2 is 2.10 bits per heavy atom. The van der Waals surface area contributed by atoms with E-state index in [4.69, 9.17) is 9.47 Å². The number of rotatable bonds is 8. The van der Waals surface area contributed by atoms with Crippen LogP contribution in [0.4, 0.5) is 0 Å². The van der Waals surface area contributed by atoms with Gasteiger partial charge in [-0.15, -0.1) is 0 Å². The number of methoxy groups -OCH3 is 1. The first kappa shape index (κ1) is 15.3. The zero-order valence-electron chi connectivity index (χ0n) is 12.7. The van der Waals surface area contributed by atoms with Gasteiger partial charge in [0.15, 0.2) is 11.5 Å². The van der Waals surface area contributed by atoms with Gasteiger partial charge in [0.05, 0.1) is 7.11 Å². The maximum Gasteiger partial charge on any atom is 0.162 e. The summed E-state index contributed by atoms with van der Waals surface area (Å²) in [4.78, 5) is 0. The minimum absolute atomic E-state index is 0.303. The second kappa shape index (κ2) is 7.64. The zero-order chi connectivity index (χ0) is 15.1. The summed E-state index contributed by atoms with van der Waals surface area (Å²) >= 11 is 0. The molecule has 1 aromatic carbocycles. The number of ether oxygens (including phenoxy) is 2. The van der Waals surface area contributed by atoms with Crippen LogP contribution in [0.25, 0.3) is 0 Å². The van der Waals surface area contributed by atoms with E-state index in [9.17, 15) is 0 Å². The van der Waals surface area contributed by atoms with Crippen molar-refractivity contribution in [2.24, 2.45) is 0 Å². The van der Waals surface area contributed by atoms with Crippen molar-refractivity contribution in [2.75, 3.05) is 13.7 Å². The summed E-state index contributed by atoms with van der Waals surface area (Å²) in [6, 6.07) is 5.91. The van der Waals surface area contributed by atoms with Crippen molar-refractivity contribution in [1.82, 2.24) is 15.6 Å². The number of aromatic nitrogens is 2. The van der Waals surface area contributed by atoms with Crippen molar-refractivity contribution in [3.05, 3.63) is 35.2 Å². The van der Waals surface area contributed by atoms with Gasteiger partial charge in [0.25, 0.3) is 0 Å². The van der Waals surface area contributed by atoms with Gasteiger partial charge in [0.1, 0.15) is 18.0 Å². The van der Waals surface area contributed by atoms with E-state index in [1.165, 1.54) is 0 Å². The van der Waals surface area contributed by atoms with Gasteiger partial charge in [0, 0.05) is 6.54 Å². The highest BCUT2D eigenvalue weighted by Crippen LogP contribution is 2.28. The van der Waals surface area contributed by atoms with E-state index in [1.54, 1.807) is 7.11 Å². The van der Waals surface area contributed by atoms with Crippen LogP contribution < -0.4 is 14.8 Å². The van der Waals surface area contributed by atoms with Crippen molar-refractivity contribution in [1.29, 1.82) is 0 Å². The molecule has 6 nitrogen and oxygen atoms in total. The molecule has 21 heavy (non-hydrogen) atoms. The molecule has 2 aromatic rings. The third kappa shape index (κ3) is 4.19. The Balaban J connectivity index is 2.05. The summed E-state index contributed by atoms with van der Waals surface area (Å²) in [5.41, 5.74) is 2.57. The molecule has 0 saturated carbocycles. The highest BCUT2D eigenvalue weighted by molar-refractivity contribution is 5.43. The van der Waals surface area contributed by atoms with Crippen molar-refractivity contribution in [3.63, 3.8) is 0 Å². The number of hydrogen-bond acceptors (Lipinski definition) is 6. The summed E-state index contributed by atoms with van der Waals surface area (Å²) in [5.74, 6) is 1.39.